The van der Waals surface area contributed by atoms with Crippen molar-refractivity contribution < 1.29 is 0 Å². The van der Waals surface area contributed by atoms with Crippen molar-refractivity contribution in [2.75, 3.05) is 13.6 Å². The van der Waals surface area contributed by atoms with Crippen LogP contribution in [0.4, 0.5) is 0 Å². The first-order valence-corrected chi connectivity index (χ1v) is 6.12. The number of thiophene rings is 1. The fraction of sp³-hybridized carbons (Fsp3) is 0.636. The number of nitrogens with zero attached hydrogens (tertiary/aromatic N) is 1. The first kappa shape index (κ1) is 11.7. The highest BCUT2D eigenvalue weighted by atomic mass is 32.1. The Balaban J connectivity index is 2.25. The van der Waals surface area contributed by atoms with E-state index in [1.165, 1.54) is 12.0 Å². The summed E-state index contributed by atoms with van der Waals surface area (Å²) in [7, 11) is 2.13. The smallest absolute Gasteiger partial charge is 0.0239 e. The molecule has 1 aromatic rings. The van der Waals surface area contributed by atoms with Gasteiger partial charge in [0.25, 0.3) is 0 Å². The molecule has 0 amide bonds. The molecule has 0 spiro atoms. The van der Waals surface area contributed by atoms with E-state index in [9.17, 15) is 0 Å². The molecule has 0 aromatic carbocycles. The van der Waals surface area contributed by atoms with Crippen molar-refractivity contribution in [3.63, 3.8) is 0 Å². The molecule has 1 rings (SSSR count). The Hall–Kier alpha value is -0.380. The van der Waals surface area contributed by atoms with E-state index in [0.717, 1.165) is 19.5 Å². The second-order valence-electron chi connectivity index (χ2n) is 3.88. The zero-order valence-electron chi connectivity index (χ0n) is 9.07. The summed E-state index contributed by atoms with van der Waals surface area (Å²) in [6, 6.07) is 2.50. The van der Waals surface area contributed by atoms with Crippen LogP contribution in [0.1, 0.15) is 25.3 Å². The predicted molar refractivity (Wildman–Crippen MR) is 63.5 cm³/mol. The SMILES string of the molecule is CCCC(N)CN(C)Cc1ccsc1. The van der Waals surface area contributed by atoms with Gasteiger partial charge in [-0.2, -0.15) is 11.3 Å². The van der Waals surface area contributed by atoms with E-state index in [4.69, 9.17) is 5.73 Å². The largest absolute Gasteiger partial charge is 0.327 e. The maximum atomic E-state index is 5.98. The molecule has 1 unspecified atom stereocenters. The minimum atomic E-state index is 0.323. The zero-order chi connectivity index (χ0) is 10.4. The van der Waals surface area contributed by atoms with Crippen LogP contribution in [-0.4, -0.2) is 24.5 Å². The second kappa shape index (κ2) is 6.17. The van der Waals surface area contributed by atoms with Crippen molar-refractivity contribution in [3.05, 3.63) is 22.4 Å². The highest BCUT2D eigenvalue weighted by molar-refractivity contribution is 7.07. The Morgan fingerprint density at radius 2 is 2.36 bits per heavy atom. The van der Waals surface area contributed by atoms with Gasteiger partial charge in [0.05, 0.1) is 0 Å². The third-order valence-corrected chi connectivity index (χ3v) is 2.97. The van der Waals surface area contributed by atoms with Gasteiger partial charge in [-0.05, 0) is 35.9 Å². The number of rotatable bonds is 6. The fourth-order valence-corrected chi connectivity index (χ4v) is 2.28. The molecule has 0 radical (unpaired) electrons. The lowest BCUT2D eigenvalue weighted by atomic mass is 10.1. The van der Waals surface area contributed by atoms with Crippen LogP contribution in [0.2, 0.25) is 0 Å². The molecule has 3 heteroatoms. The molecule has 0 aliphatic heterocycles. The monoisotopic (exact) mass is 212 g/mol. The molecular weight excluding hydrogens is 192 g/mol. The number of hydrogen-bond acceptors (Lipinski definition) is 3. The van der Waals surface area contributed by atoms with Gasteiger partial charge in [0, 0.05) is 19.1 Å². The molecule has 0 saturated heterocycles. The lowest BCUT2D eigenvalue weighted by Crippen LogP contribution is -2.34. The first-order chi connectivity index (χ1) is 6.72. The van der Waals surface area contributed by atoms with E-state index in [1.54, 1.807) is 11.3 Å². The minimum absolute atomic E-state index is 0.323. The second-order valence-corrected chi connectivity index (χ2v) is 4.66. The molecule has 2 N–H and O–H groups in total. The molecule has 1 aromatic heterocycles. The third-order valence-electron chi connectivity index (χ3n) is 2.24. The molecular formula is C11H20N2S. The molecule has 0 saturated carbocycles. The van der Waals surface area contributed by atoms with Crippen molar-refractivity contribution >= 4 is 11.3 Å². The average molecular weight is 212 g/mol. The van der Waals surface area contributed by atoms with Gasteiger partial charge in [-0.15, -0.1) is 0 Å². The van der Waals surface area contributed by atoms with Crippen molar-refractivity contribution in [3.8, 4) is 0 Å². The average Bonchev–Trinajstić information content (AvgIpc) is 2.56. The number of hydrogen-bond donors (Lipinski definition) is 1. The Bertz CT molecular complexity index is 233. The van der Waals surface area contributed by atoms with Crippen molar-refractivity contribution in [2.45, 2.75) is 32.4 Å². The first-order valence-electron chi connectivity index (χ1n) is 5.17. The Kier molecular flexibility index (Phi) is 5.15. The van der Waals surface area contributed by atoms with Crippen molar-refractivity contribution in [1.29, 1.82) is 0 Å². The maximum Gasteiger partial charge on any atom is 0.0239 e. The topological polar surface area (TPSA) is 29.3 Å². The van der Waals surface area contributed by atoms with Crippen LogP contribution < -0.4 is 5.73 Å². The molecule has 0 bridgehead atoms. The predicted octanol–water partition coefficient (Wildman–Crippen LogP) is 2.31. The highest BCUT2D eigenvalue weighted by Crippen LogP contribution is 2.08. The van der Waals surface area contributed by atoms with Crippen LogP contribution in [0.5, 0.6) is 0 Å². The highest BCUT2D eigenvalue weighted by Gasteiger charge is 2.06. The van der Waals surface area contributed by atoms with Crippen LogP contribution in [0, 0.1) is 0 Å². The van der Waals surface area contributed by atoms with Gasteiger partial charge in [-0.1, -0.05) is 13.3 Å². The summed E-state index contributed by atoms with van der Waals surface area (Å²) in [5, 5.41) is 4.32. The summed E-state index contributed by atoms with van der Waals surface area (Å²) in [5.74, 6) is 0. The molecule has 0 fully saturated rings. The standard InChI is InChI=1S/C11H20N2S/c1-3-4-11(12)8-13(2)7-10-5-6-14-9-10/h5-6,9,11H,3-4,7-8,12H2,1-2H3. The molecule has 1 atom stereocenters. The summed E-state index contributed by atoms with van der Waals surface area (Å²) >= 11 is 1.75. The van der Waals surface area contributed by atoms with E-state index in [2.05, 4.69) is 35.7 Å². The Labute approximate surface area is 90.7 Å². The van der Waals surface area contributed by atoms with Gasteiger partial charge in [-0.3, -0.25) is 0 Å². The zero-order valence-corrected chi connectivity index (χ0v) is 9.89. The van der Waals surface area contributed by atoms with Crippen LogP contribution in [0.3, 0.4) is 0 Å². The van der Waals surface area contributed by atoms with Crippen molar-refractivity contribution in [1.82, 2.24) is 4.90 Å². The Morgan fingerprint density at radius 1 is 1.57 bits per heavy atom. The third kappa shape index (κ3) is 4.22. The van der Waals surface area contributed by atoms with Gasteiger partial charge < -0.3 is 10.6 Å². The van der Waals surface area contributed by atoms with E-state index in [-0.39, 0.29) is 0 Å². The number of likely N-dealkylation sites (N-methyl/N-ethyl adjacent to an activating group) is 1. The summed E-state index contributed by atoms with van der Waals surface area (Å²) < 4.78 is 0. The molecule has 0 aliphatic carbocycles. The summed E-state index contributed by atoms with van der Waals surface area (Å²) in [6.07, 6.45) is 2.29. The molecule has 0 aliphatic rings. The summed E-state index contributed by atoms with van der Waals surface area (Å²) in [5.41, 5.74) is 7.37. The quantitative estimate of drug-likeness (QED) is 0.784. The van der Waals surface area contributed by atoms with E-state index in [0.29, 0.717) is 6.04 Å². The number of nitrogens with two attached hydrogens (primary N) is 1. The molecule has 14 heavy (non-hydrogen) atoms. The molecule has 80 valence electrons. The minimum Gasteiger partial charge on any atom is -0.327 e. The maximum absolute atomic E-state index is 5.98. The van der Waals surface area contributed by atoms with Crippen LogP contribution in [0.25, 0.3) is 0 Å². The Morgan fingerprint density at radius 3 is 2.93 bits per heavy atom. The fourth-order valence-electron chi connectivity index (χ4n) is 1.62. The van der Waals surface area contributed by atoms with Gasteiger partial charge in [0.2, 0.25) is 0 Å². The van der Waals surface area contributed by atoms with Gasteiger partial charge in [-0.25, -0.2) is 0 Å². The molecule has 2 nitrogen and oxygen atoms in total. The van der Waals surface area contributed by atoms with Gasteiger partial charge in [0.15, 0.2) is 0 Å². The van der Waals surface area contributed by atoms with Gasteiger partial charge in [0.1, 0.15) is 0 Å². The van der Waals surface area contributed by atoms with Crippen LogP contribution >= 0.6 is 11.3 Å². The van der Waals surface area contributed by atoms with Gasteiger partial charge >= 0.3 is 0 Å². The normalized spacial score (nSPS) is 13.4. The molecule has 1 heterocycles. The van der Waals surface area contributed by atoms with E-state index >= 15 is 0 Å². The summed E-state index contributed by atoms with van der Waals surface area (Å²) in [6.45, 7) is 4.18. The van der Waals surface area contributed by atoms with Crippen molar-refractivity contribution in [2.24, 2.45) is 5.73 Å². The lowest BCUT2D eigenvalue weighted by molar-refractivity contribution is 0.297. The van der Waals surface area contributed by atoms with Crippen LogP contribution in [0.15, 0.2) is 16.8 Å². The van der Waals surface area contributed by atoms with E-state index in [1.807, 2.05) is 0 Å². The lowest BCUT2D eigenvalue weighted by Gasteiger charge is -2.20. The van der Waals surface area contributed by atoms with Crippen LogP contribution in [-0.2, 0) is 6.54 Å². The summed E-state index contributed by atoms with van der Waals surface area (Å²) in [4.78, 5) is 2.29. The van der Waals surface area contributed by atoms with E-state index < -0.39 is 0 Å².